The highest BCUT2D eigenvalue weighted by Gasteiger charge is 2.36. The van der Waals surface area contributed by atoms with Crippen molar-refractivity contribution in [2.45, 2.75) is 31.2 Å². The van der Waals surface area contributed by atoms with E-state index >= 15 is 0 Å². The zero-order chi connectivity index (χ0) is 19.4. The second-order valence-corrected chi connectivity index (χ2v) is 9.00. The summed E-state index contributed by atoms with van der Waals surface area (Å²) in [5.41, 5.74) is -4.50. The van der Waals surface area contributed by atoms with Crippen LogP contribution in [-0.2, 0) is 21.0 Å². The van der Waals surface area contributed by atoms with E-state index < -0.39 is 15.6 Å². The van der Waals surface area contributed by atoms with Crippen LogP contribution in [0.1, 0.15) is 19.4 Å². The zero-order valence-electron chi connectivity index (χ0n) is 13.9. The fourth-order valence-electron chi connectivity index (χ4n) is 2.30. The van der Waals surface area contributed by atoms with Crippen molar-refractivity contribution in [3.05, 3.63) is 35.9 Å². The normalized spacial score (nSPS) is 12.2. The Hall–Kier alpha value is -1.45. The largest absolute Gasteiger partial charge is 0.741 e. The molecule has 0 aliphatic heterocycles. The highest BCUT2D eigenvalue weighted by atomic mass is 32.2. The minimum Gasteiger partial charge on any atom is -0.741 e. The molecule has 140 valence electrons. The summed E-state index contributed by atoms with van der Waals surface area (Å²) in [6.45, 7) is 6.53. The topological polar surface area (TPSA) is 77.4 Å². The van der Waals surface area contributed by atoms with Crippen LogP contribution in [0, 0.1) is 6.92 Å². The Morgan fingerprint density at radius 1 is 1.12 bits per heavy atom. The van der Waals surface area contributed by atoms with Crippen LogP contribution in [0.3, 0.4) is 0 Å². The van der Waals surface area contributed by atoms with E-state index in [1.807, 2.05) is 6.07 Å². The molecule has 0 aliphatic carbocycles. The minimum atomic E-state index is -6.09. The van der Waals surface area contributed by atoms with Crippen LogP contribution in [-0.4, -0.2) is 35.1 Å². The van der Waals surface area contributed by atoms with Crippen LogP contribution in [0.15, 0.2) is 35.2 Å². The first-order chi connectivity index (χ1) is 11.4. The number of aryl methyl sites for hydroxylation is 1. The summed E-state index contributed by atoms with van der Waals surface area (Å²) >= 11 is 0. The van der Waals surface area contributed by atoms with Gasteiger partial charge in [0, 0.05) is 21.7 Å². The summed E-state index contributed by atoms with van der Waals surface area (Å²) in [5, 5.41) is 12.2. The van der Waals surface area contributed by atoms with Crippen LogP contribution < -0.4 is 0 Å². The van der Waals surface area contributed by atoms with Gasteiger partial charge in [-0.05, 0) is 44.5 Å². The molecule has 0 unspecified atom stereocenters. The van der Waals surface area contributed by atoms with Crippen molar-refractivity contribution < 1.29 is 31.2 Å². The third-order valence-electron chi connectivity index (χ3n) is 3.48. The Morgan fingerprint density at radius 3 is 2.08 bits per heavy atom. The Bertz CT molecular complexity index is 821. The summed E-state index contributed by atoms with van der Waals surface area (Å²) in [5.74, 6) is 2.74. The maximum absolute atomic E-state index is 10.7. The van der Waals surface area contributed by atoms with Gasteiger partial charge in [0.05, 0.1) is 0 Å². The molecule has 0 radical (unpaired) electrons. The molecule has 0 aliphatic rings. The summed E-state index contributed by atoms with van der Waals surface area (Å²) < 4.78 is 58.9. The number of alkyl halides is 3. The third kappa shape index (κ3) is 5.26. The zero-order valence-corrected chi connectivity index (χ0v) is 15.6. The van der Waals surface area contributed by atoms with Gasteiger partial charge >= 0.3 is 5.51 Å². The number of hydrogen-bond donors (Lipinski definition) is 1. The van der Waals surface area contributed by atoms with Gasteiger partial charge in [-0.2, -0.15) is 13.2 Å². The molecule has 25 heavy (non-hydrogen) atoms. The van der Waals surface area contributed by atoms with Crippen LogP contribution >= 0.6 is 0 Å². The molecule has 0 saturated heterocycles. The van der Waals surface area contributed by atoms with Gasteiger partial charge in [-0.1, -0.05) is 12.1 Å². The lowest BCUT2D eigenvalue weighted by Crippen LogP contribution is -2.21. The second kappa shape index (κ2) is 8.29. The minimum absolute atomic E-state index is 0.296. The molecule has 1 N–H and O–H groups in total. The number of halogens is 3. The van der Waals surface area contributed by atoms with Crippen molar-refractivity contribution in [1.29, 1.82) is 0 Å². The van der Waals surface area contributed by atoms with Crippen molar-refractivity contribution in [3.8, 4) is 5.75 Å². The summed E-state index contributed by atoms with van der Waals surface area (Å²) in [7, 11) is -5.79. The van der Waals surface area contributed by atoms with E-state index in [1.165, 1.54) is 21.8 Å². The van der Waals surface area contributed by atoms with Gasteiger partial charge in [0.1, 0.15) is 17.3 Å². The number of phenolic OH excluding ortho intramolecular Hbond substituents is 1. The van der Waals surface area contributed by atoms with Gasteiger partial charge in [0.2, 0.25) is 0 Å². The van der Waals surface area contributed by atoms with Crippen molar-refractivity contribution in [2.75, 3.05) is 11.5 Å². The number of rotatable bonds is 3. The molecule has 2 aromatic carbocycles. The standard InChI is InChI=1S/C15H18OS.CHF3O3S/c1-4-17(5-2)14-10-9-11(3)15-12(14)7-6-8-13(15)16;2-1(3,4)8(5,6)7/h6-10H,4-5H2,1-3H3;(H,5,6,7). The van der Waals surface area contributed by atoms with E-state index in [0.717, 1.165) is 10.9 Å². The Balaban J connectivity index is 0.000000333. The number of aromatic hydroxyl groups is 1. The van der Waals surface area contributed by atoms with E-state index in [1.54, 1.807) is 6.07 Å². The maximum atomic E-state index is 10.7. The van der Waals surface area contributed by atoms with E-state index in [2.05, 4.69) is 39.0 Å². The maximum Gasteiger partial charge on any atom is 0.485 e. The summed E-state index contributed by atoms with van der Waals surface area (Å²) in [4.78, 5) is 1.39. The Kier molecular flexibility index (Phi) is 7.16. The number of phenols is 1. The third-order valence-corrected chi connectivity index (χ3v) is 6.42. The van der Waals surface area contributed by atoms with Crippen LogP contribution in [0.2, 0.25) is 0 Å². The molecule has 4 nitrogen and oxygen atoms in total. The molecule has 0 aromatic heterocycles. The molecular formula is C16H19F3O4S2. The van der Waals surface area contributed by atoms with Gasteiger partial charge in [-0.25, -0.2) is 8.42 Å². The molecule has 0 fully saturated rings. The van der Waals surface area contributed by atoms with Gasteiger partial charge < -0.3 is 9.66 Å². The van der Waals surface area contributed by atoms with Crippen molar-refractivity contribution in [3.63, 3.8) is 0 Å². The van der Waals surface area contributed by atoms with E-state index in [-0.39, 0.29) is 0 Å². The molecule has 0 spiro atoms. The van der Waals surface area contributed by atoms with Crippen molar-refractivity contribution in [2.24, 2.45) is 0 Å². The number of hydrogen-bond acceptors (Lipinski definition) is 4. The molecule has 9 heteroatoms. The molecule has 0 bridgehead atoms. The second-order valence-electron chi connectivity index (χ2n) is 5.05. The first-order valence-electron chi connectivity index (χ1n) is 7.35. The smallest absolute Gasteiger partial charge is 0.485 e. The van der Waals surface area contributed by atoms with Gasteiger partial charge in [0.15, 0.2) is 15.0 Å². The Morgan fingerprint density at radius 2 is 1.64 bits per heavy atom. The first-order valence-corrected chi connectivity index (χ1v) is 10.3. The average molecular weight is 396 g/mol. The van der Waals surface area contributed by atoms with Gasteiger partial charge in [-0.3, -0.25) is 0 Å². The lowest BCUT2D eigenvalue weighted by molar-refractivity contribution is -0.0517. The summed E-state index contributed by atoms with van der Waals surface area (Å²) in [6, 6.07) is 10.2. The number of benzene rings is 2. The van der Waals surface area contributed by atoms with Crippen LogP contribution in [0.25, 0.3) is 10.8 Å². The number of fused-ring (bicyclic) bond motifs is 1. The first kappa shape index (κ1) is 21.6. The van der Waals surface area contributed by atoms with Gasteiger partial charge in [-0.15, -0.1) is 0 Å². The molecular weight excluding hydrogens is 377 g/mol. The van der Waals surface area contributed by atoms with Crippen molar-refractivity contribution in [1.82, 2.24) is 0 Å². The monoisotopic (exact) mass is 396 g/mol. The molecule has 0 saturated carbocycles. The highest BCUT2D eigenvalue weighted by Crippen LogP contribution is 2.33. The fourth-order valence-corrected chi connectivity index (χ4v) is 4.07. The van der Waals surface area contributed by atoms with Crippen LogP contribution in [0.5, 0.6) is 5.75 Å². The quantitative estimate of drug-likeness (QED) is 0.485. The molecule has 0 heterocycles. The average Bonchev–Trinajstić information content (AvgIpc) is 2.49. The molecule has 0 atom stereocenters. The molecule has 0 amide bonds. The molecule has 2 aromatic rings. The molecule has 2 rings (SSSR count). The van der Waals surface area contributed by atoms with Gasteiger partial charge in [0.25, 0.3) is 0 Å². The SMILES string of the molecule is CC[S+](CC)c1ccc(C)c2c(O)cccc12.O=S(=O)([O-])C(F)(F)F. The van der Waals surface area contributed by atoms with Crippen molar-refractivity contribution >= 4 is 31.8 Å². The highest BCUT2D eigenvalue weighted by molar-refractivity contribution is 7.97. The van der Waals surface area contributed by atoms with Crippen LogP contribution in [0.4, 0.5) is 13.2 Å². The fraction of sp³-hybridized carbons (Fsp3) is 0.375. The lowest BCUT2D eigenvalue weighted by atomic mass is 10.0. The van der Waals surface area contributed by atoms with E-state index in [9.17, 15) is 18.3 Å². The summed E-state index contributed by atoms with van der Waals surface area (Å²) in [6.07, 6.45) is 0. The predicted octanol–water partition coefficient (Wildman–Crippen LogP) is 3.92. The van der Waals surface area contributed by atoms with E-state index in [0.29, 0.717) is 16.6 Å². The Labute approximate surface area is 147 Å². The van der Waals surface area contributed by atoms with E-state index in [4.69, 9.17) is 13.0 Å². The predicted molar refractivity (Wildman–Crippen MR) is 92.8 cm³/mol. The lowest BCUT2D eigenvalue weighted by Gasteiger charge is -2.10.